The number of nitriles is 1. The number of unbranched alkanes of at least 4 members (excludes halogenated alkanes) is 3. The van der Waals surface area contributed by atoms with Gasteiger partial charge >= 0.3 is 0 Å². The summed E-state index contributed by atoms with van der Waals surface area (Å²) in [6.07, 6.45) is 5.12. The van der Waals surface area contributed by atoms with E-state index < -0.39 is 0 Å². The van der Waals surface area contributed by atoms with Gasteiger partial charge in [0.15, 0.2) is 0 Å². The number of carbonyl (C=O) groups is 1. The van der Waals surface area contributed by atoms with Crippen molar-refractivity contribution in [1.29, 1.82) is 5.26 Å². The minimum atomic E-state index is -0.118. The van der Waals surface area contributed by atoms with Gasteiger partial charge in [0.05, 0.1) is 16.7 Å². The van der Waals surface area contributed by atoms with Gasteiger partial charge in [-0.3, -0.25) is 4.79 Å². The van der Waals surface area contributed by atoms with Crippen LogP contribution in [-0.2, 0) is 4.79 Å². The Morgan fingerprint density at radius 1 is 1.30 bits per heavy atom. The lowest BCUT2D eigenvalue weighted by molar-refractivity contribution is -0.120. The summed E-state index contributed by atoms with van der Waals surface area (Å²) < 4.78 is 0. The molecule has 23 heavy (non-hydrogen) atoms. The van der Waals surface area contributed by atoms with Crippen LogP contribution >= 0.6 is 11.8 Å². The highest BCUT2D eigenvalue weighted by Crippen LogP contribution is 2.37. The molecule has 0 aliphatic carbocycles. The van der Waals surface area contributed by atoms with Gasteiger partial charge in [0, 0.05) is 12.3 Å². The highest BCUT2D eigenvalue weighted by atomic mass is 32.2. The second kappa shape index (κ2) is 8.79. The Labute approximate surface area is 143 Å². The van der Waals surface area contributed by atoms with Crippen molar-refractivity contribution in [3.8, 4) is 6.07 Å². The Morgan fingerprint density at radius 2 is 2.09 bits per heavy atom. The molecule has 0 unspecified atom stereocenters. The van der Waals surface area contributed by atoms with Gasteiger partial charge in [-0.05, 0) is 30.2 Å². The van der Waals surface area contributed by atoms with Crippen LogP contribution in [0.1, 0.15) is 56.1 Å². The van der Waals surface area contributed by atoms with Crippen molar-refractivity contribution in [2.75, 3.05) is 5.75 Å². The summed E-state index contributed by atoms with van der Waals surface area (Å²) in [5.41, 5.74) is 2.93. The molecular weight excluding hydrogens is 304 g/mol. The molecule has 1 N–H and O–H groups in total. The number of benzene rings is 1. The van der Waals surface area contributed by atoms with Crippen LogP contribution < -0.4 is 5.32 Å². The van der Waals surface area contributed by atoms with Gasteiger partial charge in [0.2, 0.25) is 5.91 Å². The third-order valence-electron chi connectivity index (χ3n) is 4.16. The number of nitrogens with zero attached hydrogens (tertiary/aromatic N) is 1. The molecule has 1 heterocycles. The summed E-state index contributed by atoms with van der Waals surface area (Å²) in [5.74, 6) is 0.836. The first-order valence-corrected chi connectivity index (χ1v) is 9.28. The van der Waals surface area contributed by atoms with Crippen LogP contribution in [0.3, 0.4) is 0 Å². The molecule has 122 valence electrons. The zero-order valence-electron chi connectivity index (χ0n) is 13.9. The number of rotatable bonds is 7. The van der Waals surface area contributed by atoms with Crippen molar-refractivity contribution in [2.24, 2.45) is 0 Å². The topological polar surface area (TPSA) is 52.9 Å². The molecule has 0 saturated carbocycles. The molecule has 0 radical (unpaired) electrons. The normalized spacial score (nSPS) is 17.8. The molecule has 4 heteroatoms. The Kier molecular flexibility index (Phi) is 6.73. The zero-order valence-corrected chi connectivity index (χ0v) is 14.7. The van der Waals surface area contributed by atoms with E-state index in [1.54, 1.807) is 11.8 Å². The number of hydrogen-bond acceptors (Lipinski definition) is 3. The Balaban J connectivity index is 2.19. The van der Waals surface area contributed by atoms with Gasteiger partial charge in [0.25, 0.3) is 0 Å². The molecular formula is C19H24N2OS. The molecule has 0 bridgehead atoms. The lowest BCUT2D eigenvalue weighted by Gasteiger charge is -2.26. The van der Waals surface area contributed by atoms with E-state index in [0.29, 0.717) is 12.0 Å². The lowest BCUT2D eigenvalue weighted by Crippen LogP contribution is -2.31. The van der Waals surface area contributed by atoms with Crippen LogP contribution in [0.4, 0.5) is 0 Å². The van der Waals surface area contributed by atoms with E-state index in [1.165, 1.54) is 19.3 Å². The maximum absolute atomic E-state index is 12.1. The van der Waals surface area contributed by atoms with E-state index >= 15 is 0 Å². The van der Waals surface area contributed by atoms with Gasteiger partial charge in [-0.15, -0.1) is 11.8 Å². The fourth-order valence-electron chi connectivity index (χ4n) is 2.88. The third-order valence-corrected chi connectivity index (χ3v) is 5.27. The van der Waals surface area contributed by atoms with Crippen molar-refractivity contribution >= 4 is 17.7 Å². The number of amides is 1. The van der Waals surface area contributed by atoms with Crippen molar-refractivity contribution in [1.82, 2.24) is 5.32 Å². The van der Waals surface area contributed by atoms with E-state index in [0.717, 1.165) is 28.3 Å². The predicted octanol–water partition coefficient (Wildman–Crippen LogP) is 4.65. The largest absolute Gasteiger partial charge is 0.320 e. The second-order valence-corrected chi connectivity index (χ2v) is 7.03. The molecule has 1 aromatic rings. The molecule has 1 amide bonds. The van der Waals surface area contributed by atoms with Crippen LogP contribution in [0.15, 0.2) is 34.9 Å². The van der Waals surface area contributed by atoms with Crippen LogP contribution in [-0.4, -0.2) is 11.7 Å². The van der Waals surface area contributed by atoms with Crippen molar-refractivity contribution in [2.45, 2.75) is 51.9 Å². The number of nitrogens with one attached hydrogen (secondary N) is 1. The third kappa shape index (κ3) is 4.62. The first-order valence-electron chi connectivity index (χ1n) is 8.29. The van der Waals surface area contributed by atoms with Crippen molar-refractivity contribution in [3.05, 3.63) is 46.0 Å². The van der Waals surface area contributed by atoms with Gasteiger partial charge in [-0.2, -0.15) is 5.26 Å². The zero-order chi connectivity index (χ0) is 16.7. The molecule has 3 nitrogen and oxygen atoms in total. The summed E-state index contributed by atoms with van der Waals surface area (Å²) in [7, 11) is 0. The fourth-order valence-corrected chi connectivity index (χ4v) is 3.96. The van der Waals surface area contributed by atoms with E-state index in [4.69, 9.17) is 0 Å². The molecule has 1 aliphatic heterocycles. The minimum Gasteiger partial charge on any atom is -0.320 e. The molecule has 1 aromatic carbocycles. The van der Waals surface area contributed by atoms with Gasteiger partial charge in [-0.1, -0.05) is 50.5 Å². The average Bonchev–Trinajstić information content (AvgIpc) is 2.54. The molecule has 0 aromatic heterocycles. The summed E-state index contributed by atoms with van der Waals surface area (Å²) >= 11 is 1.61. The molecule has 0 fully saturated rings. The van der Waals surface area contributed by atoms with E-state index in [1.807, 2.05) is 31.2 Å². The number of hydrogen-bond donors (Lipinski definition) is 1. The molecule has 0 spiro atoms. The van der Waals surface area contributed by atoms with E-state index in [9.17, 15) is 10.1 Å². The highest BCUT2D eigenvalue weighted by molar-refractivity contribution is 8.03. The minimum absolute atomic E-state index is 0.00770. The molecule has 1 aliphatic rings. The van der Waals surface area contributed by atoms with Gasteiger partial charge < -0.3 is 5.32 Å². The SMILES string of the molecule is CCCCCCSC1=C(C#N)[C@H](c2ccccc2C)CC(=O)N1. The first-order chi connectivity index (χ1) is 11.2. The van der Waals surface area contributed by atoms with Gasteiger partial charge in [0.1, 0.15) is 0 Å². The lowest BCUT2D eigenvalue weighted by atomic mass is 9.85. The first kappa shape index (κ1) is 17.6. The summed E-state index contributed by atoms with van der Waals surface area (Å²) in [4.78, 5) is 12.1. The molecule has 0 saturated heterocycles. The molecule has 2 rings (SSSR count). The highest BCUT2D eigenvalue weighted by Gasteiger charge is 2.30. The number of aryl methyl sites for hydroxylation is 1. The predicted molar refractivity (Wildman–Crippen MR) is 95.9 cm³/mol. The van der Waals surface area contributed by atoms with Crippen LogP contribution in [0, 0.1) is 18.3 Å². The van der Waals surface area contributed by atoms with Crippen molar-refractivity contribution < 1.29 is 4.79 Å². The molecule has 1 atom stereocenters. The summed E-state index contributed by atoms with van der Waals surface area (Å²) in [6.45, 7) is 4.23. The van der Waals surface area contributed by atoms with Crippen LogP contribution in [0.2, 0.25) is 0 Å². The Hall–Kier alpha value is -1.73. The van der Waals surface area contributed by atoms with Crippen LogP contribution in [0.25, 0.3) is 0 Å². The summed E-state index contributed by atoms with van der Waals surface area (Å²) in [6, 6.07) is 10.4. The number of allylic oxidation sites excluding steroid dienone is 1. The maximum Gasteiger partial charge on any atom is 0.225 e. The second-order valence-electron chi connectivity index (χ2n) is 5.93. The number of thioether (sulfide) groups is 1. The van der Waals surface area contributed by atoms with Crippen LogP contribution in [0.5, 0.6) is 0 Å². The standard InChI is InChI=1S/C19H24N2OS/c1-3-4-5-8-11-23-19-17(13-20)16(12-18(22)21-19)15-10-7-6-9-14(15)2/h6-7,9-10,16H,3-5,8,11-12H2,1-2H3,(H,21,22)/t16-/m0/s1. The fraction of sp³-hybridized carbons (Fsp3) is 0.474. The van der Waals surface area contributed by atoms with Crippen molar-refractivity contribution in [3.63, 3.8) is 0 Å². The quantitative estimate of drug-likeness (QED) is 0.741. The van der Waals surface area contributed by atoms with Gasteiger partial charge in [-0.25, -0.2) is 0 Å². The Bertz CT molecular complexity index is 631. The Morgan fingerprint density at radius 3 is 2.78 bits per heavy atom. The maximum atomic E-state index is 12.1. The number of carbonyl (C=O) groups excluding carboxylic acids is 1. The summed E-state index contributed by atoms with van der Waals surface area (Å²) in [5, 5.41) is 13.3. The average molecular weight is 328 g/mol. The van der Waals surface area contributed by atoms with E-state index in [-0.39, 0.29) is 11.8 Å². The van der Waals surface area contributed by atoms with E-state index in [2.05, 4.69) is 18.3 Å². The smallest absolute Gasteiger partial charge is 0.225 e. The monoisotopic (exact) mass is 328 g/mol.